The summed E-state index contributed by atoms with van der Waals surface area (Å²) >= 11 is 0. The molecule has 0 aromatic heterocycles. The van der Waals surface area contributed by atoms with Crippen molar-refractivity contribution >= 4 is 5.69 Å². The fraction of sp³-hybridized carbons (Fsp3) is 0.667. The number of ether oxygens (including phenoxy) is 4. The monoisotopic (exact) mass is 463 g/mol. The summed E-state index contributed by atoms with van der Waals surface area (Å²) in [4.78, 5) is 10.4. The van der Waals surface area contributed by atoms with Gasteiger partial charge in [-0.1, -0.05) is 12.1 Å². The van der Waals surface area contributed by atoms with E-state index >= 15 is 0 Å². The highest BCUT2D eigenvalue weighted by atomic mass is 16.7. The third kappa shape index (κ3) is 4.84. The van der Waals surface area contributed by atoms with Gasteiger partial charge in [0.25, 0.3) is 0 Å². The molecule has 0 bridgehead atoms. The third-order valence-electron chi connectivity index (χ3n) is 5.27. The Balaban J connectivity index is 1.75. The molecule has 2 aliphatic rings. The molecular weight excluding hydrogens is 438 g/mol. The summed E-state index contributed by atoms with van der Waals surface area (Å²) < 4.78 is 21.4. The largest absolute Gasteiger partial charge is 0.455 e. The van der Waals surface area contributed by atoms with E-state index in [4.69, 9.17) is 18.9 Å². The van der Waals surface area contributed by atoms with Gasteiger partial charge in [-0.05, 0) is 6.07 Å². The van der Waals surface area contributed by atoms with Crippen molar-refractivity contribution in [1.82, 2.24) is 0 Å². The number of aliphatic hydroxyl groups is 7. The number of nitro benzene ring substituents is 1. The molecule has 10 atom stereocenters. The first-order valence-electron chi connectivity index (χ1n) is 9.68. The third-order valence-corrected chi connectivity index (χ3v) is 5.27. The summed E-state index contributed by atoms with van der Waals surface area (Å²) in [6, 6.07) is 5.27. The van der Waals surface area contributed by atoms with Gasteiger partial charge in [-0.3, -0.25) is 10.1 Å². The van der Waals surface area contributed by atoms with E-state index in [1.54, 1.807) is 0 Å². The first kappa shape index (κ1) is 24.7. The molecule has 0 spiro atoms. The van der Waals surface area contributed by atoms with Crippen molar-refractivity contribution in [3.63, 3.8) is 0 Å². The Kier molecular flexibility index (Phi) is 7.94. The van der Waals surface area contributed by atoms with Crippen LogP contribution in [0, 0.1) is 10.1 Å². The molecule has 14 nitrogen and oxygen atoms in total. The Morgan fingerprint density at radius 1 is 0.844 bits per heavy atom. The molecule has 2 aliphatic heterocycles. The van der Waals surface area contributed by atoms with E-state index in [1.165, 1.54) is 18.2 Å². The molecular formula is C18H25NO13. The Hall–Kier alpha value is -1.98. The van der Waals surface area contributed by atoms with Gasteiger partial charge >= 0.3 is 5.69 Å². The van der Waals surface area contributed by atoms with Gasteiger partial charge in [0.2, 0.25) is 6.29 Å². The van der Waals surface area contributed by atoms with Crippen LogP contribution in [0.15, 0.2) is 24.3 Å². The maximum absolute atomic E-state index is 11.2. The summed E-state index contributed by atoms with van der Waals surface area (Å²) in [5.74, 6) is -0.251. The molecule has 0 saturated carbocycles. The van der Waals surface area contributed by atoms with Gasteiger partial charge in [0.15, 0.2) is 12.0 Å². The number of hydrogen-bond acceptors (Lipinski definition) is 13. The van der Waals surface area contributed by atoms with E-state index in [0.29, 0.717) is 0 Å². The van der Waals surface area contributed by atoms with Crippen molar-refractivity contribution in [1.29, 1.82) is 0 Å². The lowest BCUT2D eigenvalue weighted by molar-refractivity contribution is -0.387. The lowest BCUT2D eigenvalue weighted by Gasteiger charge is -2.45. The van der Waals surface area contributed by atoms with E-state index < -0.39 is 85.2 Å². The lowest BCUT2D eigenvalue weighted by atomic mass is 9.97. The predicted molar refractivity (Wildman–Crippen MR) is 100 cm³/mol. The molecule has 2 saturated heterocycles. The average molecular weight is 463 g/mol. The maximum Gasteiger partial charge on any atom is 0.311 e. The second-order valence-electron chi connectivity index (χ2n) is 7.35. The number of aliphatic hydroxyl groups excluding tert-OH is 7. The lowest BCUT2D eigenvalue weighted by Crippen LogP contribution is -2.65. The zero-order valence-corrected chi connectivity index (χ0v) is 16.5. The van der Waals surface area contributed by atoms with E-state index in [2.05, 4.69) is 0 Å². The van der Waals surface area contributed by atoms with Crippen molar-refractivity contribution in [2.75, 3.05) is 13.2 Å². The fourth-order valence-electron chi connectivity index (χ4n) is 3.49. The maximum atomic E-state index is 11.2. The van der Waals surface area contributed by atoms with Gasteiger partial charge in [-0.15, -0.1) is 0 Å². The number of nitrogens with zero attached hydrogens (tertiary/aromatic N) is 1. The molecule has 0 aliphatic carbocycles. The average Bonchev–Trinajstić information content (AvgIpc) is 2.78. The first-order valence-corrected chi connectivity index (χ1v) is 9.68. The van der Waals surface area contributed by atoms with E-state index in [-0.39, 0.29) is 5.75 Å². The second-order valence-corrected chi connectivity index (χ2v) is 7.35. The molecule has 1 aromatic rings. The molecule has 7 N–H and O–H groups in total. The van der Waals surface area contributed by atoms with Crippen LogP contribution in [0.3, 0.4) is 0 Å². The molecule has 32 heavy (non-hydrogen) atoms. The highest BCUT2D eigenvalue weighted by Crippen LogP contribution is 2.33. The van der Waals surface area contributed by atoms with E-state index in [9.17, 15) is 45.9 Å². The topological polar surface area (TPSA) is 222 Å². The fourth-order valence-corrected chi connectivity index (χ4v) is 3.49. The molecule has 14 heteroatoms. The summed E-state index contributed by atoms with van der Waals surface area (Å²) in [5, 5.41) is 80.9. The van der Waals surface area contributed by atoms with Crippen LogP contribution in [-0.2, 0) is 14.2 Å². The molecule has 1 aromatic carbocycles. The molecule has 2 fully saturated rings. The number of para-hydroxylation sites is 2. The summed E-state index contributed by atoms with van der Waals surface area (Å²) in [5.41, 5.74) is -0.418. The minimum absolute atomic E-state index is 0.251. The molecule has 0 radical (unpaired) electrons. The van der Waals surface area contributed by atoms with Crippen LogP contribution in [0.1, 0.15) is 0 Å². The minimum atomic E-state index is -1.81. The van der Waals surface area contributed by atoms with Crippen LogP contribution < -0.4 is 4.74 Å². The standard InChI is InChI=1S/C18H25NO13/c20-5-9-11(22)12(23)14(25)18(30-9)32-16-10(6-21)31-17(15(26)13(16)24)29-8-4-2-1-3-7(8)19(27)28/h1-4,9-18,20-26H,5-6H2/t9-,10-,11+,12+,13-,14+,15-,16+,17-,18-/m0/s1. The normalized spacial score (nSPS) is 40.1. The van der Waals surface area contributed by atoms with Gasteiger partial charge < -0.3 is 54.7 Å². The van der Waals surface area contributed by atoms with Gasteiger partial charge in [0.05, 0.1) is 18.1 Å². The van der Waals surface area contributed by atoms with Crippen LogP contribution in [0.25, 0.3) is 0 Å². The summed E-state index contributed by atoms with van der Waals surface area (Å²) in [7, 11) is 0. The summed E-state index contributed by atoms with van der Waals surface area (Å²) in [6.07, 6.45) is -16.2. The van der Waals surface area contributed by atoms with Gasteiger partial charge in [-0.2, -0.15) is 0 Å². The first-order chi connectivity index (χ1) is 15.2. The highest BCUT2D eigenvalue weighted by Gasteiger charge is 2.51. The molecule has 0 amide bonds. The van der Waals surface area contributed by atoms with E-state index in [1.807, 2.05) is 0 Å². The van der Waals surface area contributed by atoms with E-state index in [0.717, 1.165) is 6.07 Å². The zero-order valence-electron chi connectivity index (χ0n) is 16.5. The molecule has 0 unspecified atom stereocenters. The van der Waals surface area contributed by atoms with Crippen LogP contribution in [0.2, 0.25) is 0 Å². The van der Waals surface area contributed by atoms with Crippen LogP contribution in [-0.4, -0.2) is 115 Å². The molecule has 3 rings (SSSR count). The minimum Gasteiger partial charge on any atom is -0.455 e. The quantitative estimate of drug-likeness (QED) is 0.155. The van der Waals surface area contributed by atoms with Crippen molar-refractivity contribution < 1.29 is 59.6 Å². The highest BCUT2D eigenvalue weighted by molar-refractivity contribution is 5.45. The summed E-state index contributed by atoms with van der Waals surface area (Å²) in [6.45, 7) is -1.48. The molecule has 2 heterocycles. The smallest absolute Gasteiger partial charge is 0.311 e. The van der Waals surface area contributed by atoms with Crippen molar-refractivity contribution in [2.24, 2.45) is 0 Å². The number of benzene rings is 1. The zero-order chi connectivity index (χ0) is 23.6. The predicted octanol–water partition coefficient (Wildman–Crippen LogP) is -3.40. The number of rotatable bonds is 7. The Morgan fingerprint density at radius 3 is 2.06 bits per heavy atom. The van der Waals surface area contributed by atoms with Gasteiger partial charge in [0.1, 0.15) is 48.8 Å². The Morgan fingerprint density at radius 2 is 1.44 bits per heavy atom. The SMILES string of the molecule is O=[N+]([O-])c1ccccc1O[C@H]1O[C@@H](CO)[C@@H](O[C@@H]2O[C@@H](CO)[C@@H](O)[C@@H](O)[C@H]2O)[C@@H](O)[C@@H]1O. The Labute approximate surface area is 180 Å². The number of hydrogen-bond donors (Lipinski definition) is 7. The Bertz CT molecular complexity index is 777. The van der Waals surface area contributed by atoms with Crippen molar-refractivity contribution in [3.8, 4) is 5.75 Å². The molecule has 180 valence electrons. The van der Waals surface area contributed by atoms with Crippen molar-refractivity contribution in [2.45, 2.75) is 61.4 Å². The van der Waals surface area contributed by atoms with Crippen LogP contribution >= 0.6 is 0 Å². The van der Waals surface area contributed by atoms with Crippen molar-refractivity contribution in [3.05, 3.63) is 34.4 Å². The second kappa shape index (κ2) is 10.3. The van der Waals surface area contributed by atoms with Gasteiger partial charge in [-0.25, -0.2) is 0 Å². The van der Waals surface area contributed by atoms with Gasteiger partial charge in [0, 0.05) is 6.07 Å². The van der Waals surface area contributed by atoms with Crippen LogP contribution in [0.4, 0.5) is 5.69 Å². The number of nitro groups is 1. The van der Waals surface area contributed by atoms with Crippen LogP contribution in [0.5, 0.6) is 5.75 Å².